The van der Waals surface area contributed by atoms with Gasteiger partial charge in [-0.05, 0) is 19.3 Å². The molecule has 0 aliphatic heterocycles. The van der Waals surface area contributed by atoms with E-state index in [4.69, 9.17) is 0 Å². The molecule has 0 heterocycles. The summed E-state index contributed by atoms with van der Waals surface area (Å²) in [6.45, 7) is 2.22. The fraction of sp³-hybridized carbons (Fsp3) is 0.917. The van der Waals surface area contributed by atoms with Gasteiger partial charge in [-0.25, -0.2) is 0 Å². The molecule has 1 saturated carbocycles. The molecule has 76 valence electrons. The van der Waals surface area contributed by atoms with Gasteiger partial charge in [-0.1, -0.05) is 39.0 Å². The van der Waals surface area contributed by atoms with Crippen molar-refractivity contribution < 1.29 is 4.79 Å². The maximum Gasteiger partial charge on any atom is 0.135 e. The first-order chi connectivity index (χ1) is 6.34. The van der Waals surface area contributed by atoms with Crippen molar-refractivity contribution in [3.63, 3.8) is 0 Å². The molecule has 0 bridgehead atoms. The van der Waals surface area contributed by atoms with Crippen molar-refractivity contribution in [2.45, 2.75) is 64.7 Å². The summed E-state index contributed by atoms with van der Waals surface area (Å²) in [4.78, 5) is 11.5. The lowest BCUT2D eigenvalue weighted by Crippen LogP contribution is -2.21. The summed E-state index contributed by atoms with van der Waals surface area (Å²) in [6, 6.07) is 0. The van der Waals surface area contributed by atoms with Gasteiger partial charge in [0.2, 0.25) is 0 Å². The molecule has 0 amide bonds. The van der Waals surface area contributed by atoms with Gasteiger partial charge in [0.05, 0.1) is 0 Å². The Morgan fingerprint density at radius 2 is 1.85 bits per heavy atom. The van der Waals surface area contributed by atoms with Crippen molar-refractivity contribution in [2.75, 3.05) is 0 Å². The molecule has 0 N–H and O–H groups in total. The molecule has 0 aromatic rings. The van der Waals surface area contributed by atoms with Crippen LogP contribution in [0.5, 0.6) is 0 Å². The van der Waals surface area contributed by atoms with Gasteiger partial charge >= 0.3 is 0 Å². The van der Waals surface area contributed by atoms with Crippen LogP contribution in [0.2, 0.25) is 0 Å². The molecule has 1 heteroatoms. The summed E-state index contributed by atoms with van der Waals surface area (Å²) in [5.74, 6) is 1.01. The number of unbranched alkanes of at least 4 members (excludes halogenated alkanes) is 4. The lowest BCUT2D eigenvalue weighted by molar-refractivity contribution is -0.125. The minimum Gasteiger partial charge on any atom is -0.299 e. The van der Waals surface area contributed by atoms with Crippen molar-refractivity contribution in [2.24, 2.45) is 5.92 Å². The van der Waals surface area contributed by atoms with Crippen molar-refractivity contribution in [1.29, 1.82) is 0 Å². The Morgan fingerprint density at radius 1 is 1.15 bits per heavy atom. The third kappa shape index (κ3) is 3.93. The van der Waals surface area contributed by atoms with E-state index in [0.29, 0.717) is 11.7 Å². The summed E-state index contributed by atoms with van der Waals surface area (Å²) >= 11 is 0. The molecule has 0 saturated heterocycles. The van der Waals surface area contributed by atoms with Crippen molar-refractivity contribution in [1.82, 2.24) is 0 Å². The van der Waals surface area contributed by atoms with Gasteiger partial charge in [0.25, 0.3) is 0 Å². The van der Waals surface area contributed by atoms with Gasteiger partial charge in [0.15, 0.2) is 0 Å². The maximum absolute atomic E-state index is 11.5. The molecule has 0 radical (unpaired) electrons. The molecule has 0 aromatic heterocycles. The van der Waals surface area contributed by atoms with Gasteiger partial charge < -0.3 is 0 Å². The van der Waals surface area contributed by atoms with Crippen LogP contribution in [-0.2, 0) is 4.79 Å². The predicted octanol–water partition coefficient (Wildman–Crippen LogP) is 3.72. The van der Waals surface area contributed by atoms with Crippen LogP contribution in [0.3, 0.4) is 0 Å². The Balaban J connectivity index is 1.89. The summed E-state index contributed by atoms with van der Waals surface area (Å²) in [6.07, 6.45) is 10.8. The minimum atomic E-state index is 0.464. The molecule has 0 aromatic carbocycles. The summed E-state index contributed by atoms with van der Waals surface area (Å²) < 4.78 is 0. The van der Waals surface area contributed by atoms with E-state index in [1.54, 1.807) is 0 Å². The first-order valence-corrected chi connectivity index (χ1v) is 5.87. The smallest absolute Gasteiger partial charge is 0.135 e. The zero-order valence-electron chi connectivity index (χ0n) is 8.85. The van der Waals surface area contributed by atoms with Gasteiger partial charge in [0.1, 0.15) is 5.78 Å². The van der Waals surface area contributed by atoms with E-state index in [9.17, 15) is 4.79 Å². The fourth-order valence-electron chi connectivity index (χ4n) is 1.84. The zero-order valence-corrected chi connectivity index (χ0v) is 8.85. The molecular formula is C12H22O. The molecule has 1 aliphatic rings. The highest BCUT2D eigenvalue weighted by Crippen LogP contribution is 2.28. The maximum atomic E-state index is 11.5. The van der Waals surface area contributed by atoms with Crippen molar-refractivity contribution >= 4 is 5.78 Å². The van der Waals surface area contributed by atoms with Crippen LogP contribution in [0.1, 0.15) is 64.7 Å². The zero-order chi connectivity index (χ0) is 9.52. The number of Topliss-reactive ketones (excluding diaryl/α,β-unsaturated/α-hetero) is 1. The second-order valence-corrected chi connectivity index (χ2v) is 4.26. The van der Waals surface area contributed by atoms with E-state index in [1.165, 1.54) is 44.9 Å². The van der Waals surface area contributed by atoms with E-state index in [-0.39, 0.29) is 0 Å². The number of ketones is 1. The second-order valence-electron chi connectivity index (χ2n) is 4.26. The Labute approximate surface area is 81.9 Å². The monoisotopic (exact) mass is 182 g/mol. The van der Waals surface area contributed by atoms with E-state index >= 15 is 0 Å². The molecule has 0 atom stereocenters. The van der Waals surface area contributed by atoms with E-state index in [0.717, 1.165) is 12.8 Å². The first kappa shape index (κ1) is 10.7. The number of hydrogen-bond donors (Lipinski definition) is 0. The summed E-state index contributed by atoms with van der Waals surface area (Å²) in [5, 5.41) is 0. The summed E-state index contributed by atoms with van der Waals surface area (Å²) in [7, 11) is 0. The van der Waals surface area contributed by atoms with Gasteiger partial charge in [0, 0.05) is 12.3 Å². The average Bonchev–Trinajstić information content (AvgIpc) is 2.01. The topological polar surface area (TPSA) is 17.1 Å². The number of hydrogen-bond acceptors (Lipinski definition) is 1. The van der Waals surface area contributed by atoms with Crippen LogP contribution in [0.15, 0.2) is 0 Å². The molecule has 0 spiro atoms. The Kier molecular flexibility index (Phi) is 5.10. The standard InChI is InChI=1S/C12H22O/c1-2-3-4-5-6-10-12(13)11-8-7-9-11/h11H,2-10H2,1H3. The van der Waals surface area contributed by atoms with Crippen LogP contribution >= 0.6 is 0 Å². The van der Waals surface area contributed by atoms with Crippen molar-refractivity contribution in [3.8, 4) is 0 Å². The quantitative estimate of drug-likeness (QED) is 0.548. The first-order valence-electron chi connectivity index (χ1n) is 5.87. The largest absolute Gasteiger partial charge is 0.299 e. The van der Waals surface area contributed by atoms with Gasteiger partial charge in [-0.3, -0.25) is 4.79 Å². The molecule has 0 unspecified atom stereocenters. The van der Waals surface area contributed by atoms with E-state index in [2.05, 4.69) is 6.92 Å². The Hall–Kier alpha value is -0.330. The average molecular weight is 182 g/mol. The van der Waals surface area contributed by atoms with Crippen LogP contribution in [0.4, 0.5) is 0 Å². The third-order valence-corrected chi connectivity index (χ3v) is 3.09. The van der Waals surface area contributed by atoms with Gasteiger partial charge in [-0.15, -0.1) is 0 Å². The number of carbonyl (C=O) groups is 1. The Morgan fingerprint density at radius 3 is 2.38 bits per heavy atom. The highest BCUT2D eigenvalue weighted by molar-refractivity contribution is 5.81. The van der Waals surface area contributed by atoms with Crippen LogP contribution < -0.4 is 0 Å². The van der Waals surface area contributed by atoms with Gasteiger partial charge in [-0.2, -0.15) is 0 Å². The normalized spacial score (nSPS) is 17.0. The molecular weight excluding hydrogens is 160 g/mol. The lowest BCUT2D eigenvalue weighted by Gasteiger charge is -2.23. The van der Waals surface area contributed by atoms with E-state index in [1.807, 2.05) is 0 Å². The van der Waals surface area contributed by atoms with Crippen LogP contribution in [0.25, 0.3) is 0 Å². The fourth-order valence-corrected chi connectivity index (χ4v) is 1.84. The lowest BCUT2D eigenvalue weighted by atomic mass is 9.80. The molecule has 1 rings (SSSR count). The van der Waals surface area contributed by atoms with Crippen LogP contribution in [0, 0.1) is 5.92 Å². The molecule has 1 aliphatic carbocycles. The minimum absolute atomic E-state index is 0.464. The number of carbonyl (C=O) groups excluding carboxylic acids is 1. The predicted molar refractivity (Wildman–Crippen MR) is 55.7 cm³/mol. The second kappa shape index (κ2) is 6.17. The highest BCUT2D eigenvalue weighted by atomic mass is 16.1. The Bertz CT molecular complexity index is 147. The summed E-state index contributed by atoms with van der Waals surface area (Å²) in [5.41, 5.74) is 0. The van der Waals surface area contributed by atoms with E-state index < -0.39 is 0 Å². The van der Waals surface area contributed by atoms with Crippen LogP contribution in [-0.4, -0.2) is 5.78 Å². The third-order valence-electron chi connectivity index (χ3n) is 3.09. The number of rotatable bonds is 7. The molecule has 1 nitrogen and oxygen atoms in total. The SMILES string of the molecule is CCCCCCCC(=O)C1CCC1. The highest BCUT2D eigenvalue weighted by Gasteiger charge is 2.23. The molecule has 1 fully saturated rings. The van der Waals surface area contributed by atoms with Crippen molar-refractivity contribution in [3.05, 3.63) is 0 Å². The molecule has 13 heavy (non-hydrogen) atoms.